The molecule has 124 valence electrons. The lowest BCUT2D eigenvalue weighted by Crippen LogP contribution is -1.96. The normalized spacial score (nSPS) is 11.5. The predicted octanol–water partition coefficient (Wildman–Crippen LogP) is 6.46. The molecule has 0 spiro atoms. The fraction of sp³-hybridized carbons (Fsp3) is 0.0833. The SMILES string of the molecule is C=C(C)/C(=C\C)c1ccc(C(=C)c2ccc3ccccc3c2N)cc1. The zero-order chi connectivity index (χ0) is 18.0. The summed E-state index contributed by atoms with van der Waals surface area (Å²) in [5.74, 6) is 0. The highest BCUT2D eigenvalue weighted by Gasteiger charge is 2.10. The van der Waals surface area contributed by atoms with Crippen LogP contribution in [0.2, 0.25) is 0 Å². The number of nitrogen functional groups attached to an aromatic ring is 1. The quantitative estimate of drug-likeness (QED) is 0.432. The van der Waals surface area contributed by atoms with E-state index in [1.54, 1.807) is 0 Å². The maximum Gasteiger partial charge on any atom is 0.0473 e. The van der Waals surface area contributed by atoms with Crippen LogP contribution in [0.25, 0.3) is 21.9 Å². The zero-order valence-electron chi connectivity index (χ0n) is 14.8. The minimum absolute atomic E-state index is 0.781. The Kier molecular flexibility index (Phi) is 4.58. The van der Waals surface area contributed by atoms with Gasteiger partial charge in [-0.15, -0.1) is 0 Å². The van der Waals surface area contributed by atoms with Crippen molar-refractivity contribution < 1.29 is 0 Å². The largest absolute Gasteiger partial charge is 0.398 e. The first kappa shape index (κ1) is 16.8. The molecule has 0 saturated carbocycles. The topological polar surface area (TPSA) is 26.0 Å². The molecule has 0 heterocycles. The third-order valence-corrected chi connectivity index (χ3v) is 4.59. The van der Waals surface area contributed by atoms with Crippen molar-refractivity contribution in [3.05, 3.63) is 102 Å². The molecule has 0 aromatic heterocycles. The van der Waals surface area contributed by atoms with Crippen LogP contribution in [-0.4, -0.2) is 0 Å². The lowest BCUT2D eigenvalue weighted by Gasteiger charge is -2.13. The lowest BCUT2D eigenvalue weighted by molar-refractivity contribution is 1.48. The summed E-state index contributed by atoms with van der Waals surface area (Å²) in [6.45, 7) is 12.4. The molecule has 1 nitrogen and oxygen atoms in total. The third kappa shape index (κ3) is 3.14. The monoisotopic (exact) mass is 325 g/mol. The Morgan fingerprint density at radius 3 is 2.16 bits per heavy atom. The zero-order valence-corrected chi connectivity index (χ0v) is 14.8. The van der Waals surface area contributed by atoms with E-state index in [0.717, 1.165) is 44.3 Å². The molecule has 3 aromatic carbocycles. The summed E-state index contributed by atoms with van der Waals surface area (Å²) >= 11 is 0. The summed E-state index contributed by atoms with van der Waals surface area (Å²) in [7, 11) is 0. The van der Waals surface area contributed by atoms with Crippen molar-refractivity contribution in [3.8, 4) is 0 Å². The van der Waals surface area contributed by atoms with Gasteiger partial charge >= 0.3 is 0 Å². The van der Waals surface area contributed by atoms with Gasteiger partial charge in [0, 0.05) is 16.6 Å². The van der Waals surface area contributed by atoms with E-state index in [1.807, 2.05) is 26.0 Å². The van der Waals surface area contributed by atoms with Crippen molar-refractivity contribution in [1.82, 2.24) is 0 Å². The van der Waals surface area contributed by atoms with Crippen LogP contribution in [-0.2, 0) is 0 Å². The molecule has 0 amide bonds. The first-order valence-electron chi connectivity index (χ1n) is 8.42. The van der Waals surface area contributed by atoms with Gasteiger partial charge in [0.05, 0.1) is 0 Å². The number of nitrogens with two attached hydrogens (primary N) is 1. The summed E-state index contributed by atoms with van der Waals surface area (Å²) in [5, 5.41) is 2.21. The summed E-state index contributed by atoms with van der Waals surface area (Å²) in [6.07, 6.45) is 2.09. The first-order valence-corrected chi connectivity index (χ1v) is 8.42. The van der Waals surface area contributed by atoms with Crippen LogP contribution in [0.3, 0.4) is 0 Å². The number of rotatable bonds is 4. The van der Waals surface area contributed by atoms with Gasteiger partial charge in [-0.3, -0.25) is 0 Å². The Morgan fingerprint density at radius 2 is 1.52 bits per heavy atom. The van der Waals surface area contributed by atoms with Gasteiger partial charge in [0.2, 0.25) is 0 Å². The van der Waals surface area contributed by atoms with Crippen molar-refractivity contribution in [3.63, 3.8) is 0 Å². The molecule has 0 aliphatic carbocycles. The molecule has 3 aromatic rings. The van der Waals surface area contributed by atoms with Gasteiger partial charge in [-0.25, -0.2) is 0 Å². The average Bonchev–Trinajstić information content (AvgIpc) is 2.63. The minimum Gasteiger partial charge on any atom is -0.398 e. The maximum absolute atomic E-state index is 6.42. The van der Waals surface area contributed by atoms with Crippen molar-refractivity contribution in [2.45, 2.75) is 13.8 Å². The minimum atomic E-state index is 0.781. The van der Waals surface area contributed by atoms with E-state index in [-0.39, 0.29) is 0 Å². The lowest BCUT2D eigenvalue weighted by atomic mass is 9.93. The highest BCUT2D eigenvalue weighted by Crippen LogP contribution is 2.33. The fourth-order valence-electron chi connectivity index (χ4n) is 3.22. The van der Waals surface area contributed by atoms with Crippen LogP contribution in [0.1, 0.15) is 30.5 Å². The van der Waals surface area contributed by atoms with Crippen molar-refractivity contribution >= 4 is 27.6 Å². The highest BCUT2D eigenvalue weighted by molar-refractivity contribution is 6.00. The van der Waals surface area contributed by atoms with Gasteiger partial charge in [-0.1, -0.05) is 85.5 Å². The molecule has 0 saturated heterocycles. The van der Waals surface area contributed by atoms with E-state index in [9.17, 15) is 0 Å². The summed E-state index contributed by atoms with van der Waals surface area (Å²) in [4.78, 5) is 0. The van der Waals surface area contributed by atoms with Crippen molar-refractivity contribution in [1.29, 1.82) is 0 Å². The van der Waals surface area contributed by atoms with Gasteiger partial charge in [0.1, 0.15) is 0 Å². The Balaban J connectivity index is 1.99. The Labute approximate surface area is 149 Å². The van der Waals surface area contributed by atoms with E-state index in [1.165, 1.54) is 5.57 Å². The van der Waals surface area contributed by atoms with E-state index in [4.69, 9.17) is 5.73 Å². The van der Waals surface area contributed by atoms with E-state index in [0.29, 0.717) is 0 Å². The highest BCUT2D eigenvalue weighted by atomic mass is 14.6. The molecule has 0 atom stereocenters. The Hall–Kier alpha value is -3.06. The van der Waals surface area contributed by atoms with Gasteiger partial charge in [-0.2, -0.15) is 0 Å². The standard InChI is InChI=1S/C24H23N/c1-5-21(16(2)3)20-12-10-18(11-13-20)17(4)22-15-14-19-8-6-7-9-23(19)24(22)25/h5-15H,2,4,25H2,1,3H3/b21-5+. The number of allylic oxidation sites excluding steroid dienone is 3. The summed E-state index contributed by atoms with van der Waals surface area (Å²) in [5.41, 5.74) is 13.6. The second kappa shape index (κ2) is 6.82. The van der Waals surface area contributed by atoms with Crippen LogP contribution < -0.4 is 5.73 Å². The van der Waals surface area contributed by atoms with Crippen LogP contribution in [0.5, 0.6) is 0 Å². The van der Waals surface area contributed by atoms with E-state index >= 15 is 0 Å². The number of hydrogen-bond donors (Lipinski definition) is 1. The molecule has 0 unspecified atom stereocenters. The predicted molar refractivity (Wildman–Crippen MR) is 111 cm³/mol. The first-order chi connectivity index (χ1) is 12.0. The van der Waals surface area contributed by atoms with Crippen molar-refractivity contribution in [2.24, 2.45) is 0 Å². The summed E-state index contributed by atoms with van der Waals surface area (Å²) in [6, 6.07) is 20.7. The number of anilines is 1. The van der Waals surface area contributed by atoms with Gasteiger partial charge < -0.3 is 5.73 Å². The van der Waals surface area contributed by atoms with Crippen LogP contribution in [0, 0.1) is 0 Å². The van der Waals surface area contributed by atoms with Crippen LogP contribution in [0.15, 0.2) is 85.5 Å². The van der Waals surface area contributed by atoms with Crippen molar-refractivity contribution in [2.75, 3.05) is 5.73 Å². The van der Waals surface area contributed by atoms with E-state index < -0.39 is 0 Å². The average molecular weight is 325 g/mol. The molecular weight excluding hydrogens is 302 g/mol. The second-order valence-electron chi connectivity index (χ2n) is 6.29. The van der Waals surface area contributed by atoms with Gasteiger partial charge in [0.25, 0.3) is 0 Å². The molecule has 0 aliphatic heterocycles. The molecule has 2 N–H and O–H groups in total. The fourth-order valence-corrected chi connectivity index (χ4v) is 3.22. The molecule has 1 heteroatoms. The van der Waals surface area contributed by atoms with E-state index in [2.05, 4.69) is 67.8 Å². The van der Waals surface area contributed by atoms with Crippen LogP contribution in [0.4, 0.5) is 5.69 Å². The molecular formula is C24H23N. The molecule has 0 fully saturated rings. The molecule has 3 rings (SSSR count). The number of fused-ring (bicyclic) bond motifs is 1. The van der Waals surface area contributed by atoms with Crippen LogP contribution >= 0.6 is 0 Å². The second-order valence-corrected chi connectivity index (χ2v) is 6.29. The van der Waals surface area contributed by atoms with Gasteiger partial charge in [0.15, 0.2) is 0 Å². The van der Waals surface area contributed by atoms with Gasteiger partial charge in [-0.05, 0) is 41.5 Å². The smallest absolute Gasteiger partial charge is 0.0473 e. The summed E-state index contributed by atoms with van der Waals surface area (Å²) < 4.78 is 0. The number of hydrogen-bond acceptors (Lipinski definition) is 1. The Bertz CT molecular complexity index is 988. The number of benzene rings is 3. The molecule has 0 aliphatic rings. The molecule has 25 heavy (non-hydrogen) atoms. The Morgan fingerprint density at radius 1 is 0.880 bits per heavy atom. The molecule has 0 bridgehead atoms. The maximum atomic E-state index is 6.42. The third-order valence-electron chi connectivity index (χ3n) is 4.59. The molecule has 0 radical (unpaired) electrons.